The molecular weight excluding hydrogens is 188 g/mol. The van der Waals surface area contributed by atoms with E-state index in [2.05, 4.69) is 11.8 Å². The minimum absolute atomic E-state index is 0.0904. The second-order valence-electron chi connectivity index (χ2n) is 5.75. The molecule has 0 aromatic heterocycles. The monoisotopic (exact) mass is 204 g/mol. The van der Waals surface area contributed by atoms with Crippen LogP contribution in [0.3, 0.4) is 0 Å². The topological polar surface area (TPSA) is 37.3 Å². The van der Waals surface area contributed by atoms with Crippen LogP contribution in [0.2, 0.25) is 0 Å². The molecule has 2 heteroatoms. The van der Waals surface area contributed by atoms with Gasteiger partial charge in [0, 0.05) is 11.3 Å². The zero-order valence-electron chi connectivity index (χ0n) is 8.83. The van der Waals surface area contributed by atoms with Crippen LogP contribution in [0.25, 0.3) is 0 Å². The van der Waals surface area contributed by atoms with Gasteiger partial charge in [-0.1, -0.05) is 5.92 Å². The minimum atomic E-state index is -0.967. The van der Waals surface area contributed by atoms with Crippen LogP contribution in [0.1, 0.15) is 38.5 Å². The Morgan fingerprint density at radius 3 is 1.93 bits per heavy atom. The van der Waals surface area contributed by atoms with E-state index in [1.54, 1.807) is 0 Å². The highest BCUT2D eigenvalue weighted by atomic mass is 16.4. The fraction of sp³-hybridized carbons (Fsp3) is 0.769. The van der Waals surface area contributed by atoms with Crippen molar-refractivity contribution in [2.45, 2.75) is 38.5 Å². The first-order valence-electron chi connectivity index (χ1n) is 5.91. The van der Waals surface area contributed by atoms with Crippen LogP contribution >= 0.6 is 0 Å². The van der Waals surface area contributed by atoms with Gasteiger partial charge >= 0.3 is 5.97 Å². The number of carboxylic acids is 1. The van der Waals surface area contributed by atoms with Gasteiger partial charge in [-0.25, -0.2) is 4.79 Å². The van der Waals surface area contributed by atoms with Crippen LogP contribution in [-0.4, -0.2) is 11.1 Å². The van der Waals surface area contributed by atoms with E-state index in [0.29, 0.717) is 0 Å². The fourth-order valence-corrected chi connectivity index (χ4v) is 4.45. The quantitative estimate of drug-likeness (QED) is 0.615. The second kappa shape index (κ2) is 3.01. The van der Waals surface area contributed by atoms with Gasteiger partial charge in [-0.2, -0.15) is 0 Å². The van der Waals surface area contributed by atoms with Gasteiger partial charge in [-0.15, -0.1) is 0 Å². The average molecular weight is 204 g/mol. The van der Waals surface area contributed by atoms with Crippen LogP contribution < -0.4 is 0 Å². The molecule has 15 heavy (non-hydrogen) atoms. The zero-order valence-corrected chi connectivity index (χ0v) is 8.83. The number of hydrogen-bond acceptors (Lipinski definition) is 1. The Morgan fingerprint density at radius 2 is 1.53 bits per heavy atom. The predicted molar refractivity (Wildman–Crippen MR) is 56.0 cm³/mol. The van der Waals surface area contributed by atoms with Crippen LogP contribution in [0.5, 0.6) is 0 Å². The Morgan fingerprint density at radius 1 is 1.07 bits per heavy atom. The number of rotatable bonds is 0. The molecule has 80 valence electrons. The number of aliphatic carboxylic acids is 1. The molecule has 0 aromatic carbocycles. The van der Waals surface area contributed by atoms with Crippen molar-refractivity contribution < 1.29 is 9.90 Å². The lowest BCUT2D eigenvalue weighted by atomic mass is 9.50. The van der Waals surface area contributed by atoms with Crippen molar-refractivity contribution in [3.05, 3.63) is 0 Å². The van der Waals surface area contributed by atoms with E-state index in [0.717, 1.165) is 17.8 Å². The van der Waals surface area contributed by atoms with Gasteiger partial charge in [-0.3, -0.25) is 0 Å². The highest BCUT2D eigenvalue weighted by Crippen LogP contribution is 2.59. The minimum Gasteiger partial charge on any atom is -0.472 e. The molecule has 4 fully saturated rings. The van der Waals surface area contributed by atoms with Crippen molar-refractivity contribution in [1.29, 1.82) is 0 Å². The molecule has 0 radical (unpaired) electrons. The van der Waals surface area contributed by atoms with Gasteiger partial charge in [0.05, 0.1) is 0 Å². The highest BCUT2D eigenvalue weighted by molar-refractivity contribution is 5.86. The van der Waals surface area contributed by atoms with Gasteiger partial charge in [-0.05, 0) is 56.3 Å². The first-order valence-corrected chi connectivity index (χ1v) is 5.91. The first-order chi connectivity index (χ1) is 7.15. The summed E-state index contributed by atoms with van der Waals surface area (Å²) in [5.41, 5.74) is 0.0904. The molecule has 4 saturated carbocycles. The largest absolute Gasteiger partial charge is 0.472 e. The molecule has 0 aromatic rings. The van der Waals surface area contributed by atoms with E-state index in [4.69, 9.17) is 5.11 Å². The summed E-state index contributed by atoms with van der Waals surface area (Å²) >= 11 is 0. The molecule has 2 nitrogen and oxygen atoms in total. The first kappa shape index (κ1) is 9.27. The van der Waals surface area contributed by atoms with Gasteiger partial charge in [0.15, 0.2) is 0 Å². The third-order valence-corrected chi connectivity index (χ3v) is 4.47. The summed E-state index contributed by atoms with van der Waals surface area (Å²) in [7, 11) is 0. The van der Waals surface area contributed by atoms with Crippen molar-refractivity contribution in [2.24, 2.45) is 23.2 Å². The summed E-state index contributed by atoms with van der Waals surface area (Å²) < 4.78 is 0. The Labute approximate surface area is 90.1 Å². The van der Waals surface area contributed by atoms with E-state index in [1.807, 2.05) is 0 Å². The molecule has 0 atom stereocenters. The predicted octanol–water partition coefficient (Wildman–Crippen LogP) is 2.29. The maximum Gasteiger partial charge on any atom is 0.381 e. The maximum absolute atomic E-state index is 10.5. The number of carbonyl (C=O) groups is 1. The SMILES string of the molecule is O=C(O)C#CC12CC3CC(CC(C3)C1)C2. The Bertz CT molecular complexity index is 323. The standard InChI is InChI=1S/C13H16O2/c14-12(15)1-2-13-6-9-3-10(7-13)5-11(4-9)8-13/h9-11H,3-8H2,(H,14,15). The molecule has 0 spiro atoms. The smallest absolute Gasteiger partial charge is 0.381 e. The van der Waals surface area contributed by atoms with Gasteiger partial charge in [0.2, 0.25) is 0 Å². The average Bonchev–Trinajstić information content (AvgIpc) is 2.12. The summed E-state index contributed by atoms with van der Waals surface area (Å²) in [4.78, 5) is 10.5. The Balaban J connectivity index is 1.88. The molecule has 4 aliphatic rings. The van der Waals surface area contributed by atoms with E-state index >= 15 is 0 Å². The summed E-state index contributed by atoms with van der Waals surface area (Å²) in [6, 6.07) is 0. The van der Waals surface area contributed by atoms with Crippen molar-refractivity contribution in [3.8, 4) is 11.8 Å². The second-order valence-corrected chi connectivity index (χ2v) is 5.75. The lowest BCUT2D eigenvalue weighted by molar-refractivity contribution is -0.130. The van der Waals surface area contributed by atoms with Gasteiger partial charge in [0.25, 0.3) is 0 Å². The Hall–Kier alpha value is -0.970. The van der Waals surface area contributed by atoms with E-state index < -0.39 is 5.97 Å². The lowest BCUT2D eigenvalue weighted by Gasteiger charge is -2.54. The van der Waals surface area contributed by atoms with Crippen molar-refractivity contribution >= 4 is 5.97 Å². The molecule has 4 aliphatic carbocycles. The normalized spacial score (nSPS) is 46.0. The summed E-state index contributed by atoms with van der Waals surface area (Å²) in [6.07, 6.45) is 7.65. The highest BCUT2D eigenvalue weighted by Gasteiger charge is 2.50. The molecule has 0 unspecified atom stereocenters. The number of carboxylic acid groups (broad SMARTS) is 1. The molecule has 0 saturated heterocycles. The number of hydrogen-bond donors (Lipinski definition) is 1. The summed E-state index contributed by atoms with van der Waals surface area (Å²) in [6.45, 7) is 0. The van der Waals surface area contributed by atoms with E-state index in [1.165, 1.54) is 38.5 Å². The molecular formula is C13H16O2. The van der Waals surface area contributed by atoms with Crippen LogP contribution in [0, 0.1) is 35.0 Å². The lowest BCUT2D eigenvalue weighted by Crippen LogP contribution is -2.45. The van der Waals surface area contributed by atoms with Crippen molar-refractivity contribution in [2.75, 3.05) is 0 Å². The van der Waals surface area contributed by atoms with E-state index in [-0.39, 0.29) is 5.41 Å². The molecule has 4 rings (SSSR count). The Kier molecular flexibility index (Phi) is 1.86. The molecule has 0 heterocycles. The maximum atomic E-state index is 10.5. The zero-order chi connectivity index (χ0) is 10.5. The third-order valence-electron chi connectivity index (χ3n) is 4.47. The molecule has 0 aliphatic heterocycles. The van der Waals surface area contributed by atoms with E-state index in [9.17, 15) is 4.79 Å². The van der Waals surface area contributed by atoms with Gasteiger partial charge in [0.1, 0.15) is 0 Å². The third kappa shape index (κ3) is 1.55. The molecule has 1 N–H and O–H groups in total. The van der Waals surface area contributed by atoms with Crippen molar-refractivity contribution in [1.82, 2.24) is 0 Å². The fourth-order valence-electron chi connectivity index (χ4n) is 4.45. The molecule has 4 bridgehead atoms. The molecule has 0 amide bonds. The van der Waals surface area contributed by atoms with Crippen LogP contribution in [0.4, 0.5) is 0 Å². The summed E-state index contributed by atoms with van der Waals surface area (Å²) in [5.74, 6) is 7.02. The van der Waals surface area contributed by atoms with Crippen molar-refractivity contribution in [3.63, 3.8) is 0 Å². The van der Waals surface area contributed by atoms with Gasteiger partial charge < -0.3 is 5.11 Å². The summed E-state index contributed by atoms with van der Waals surface area (Å²) in [5, 5.41) is 8.64. The van der Waals surface area contributed by atoms with Crippen LogP contribution in [0.15, 0.2) is 0 Å². The van der Waals surface area contributed by atoms with Crippen LogP contribution in [-0.2, 0) is 4.79 Å².